The minimum absolute atomic E-state index is 0.0132. The van der Waals surface area contributed by atoms with E-state index in [-0.39, 0.29) is 24.3 Å². The summed E-state index contributed by atoms with van der Waals surface area (Å²) in [5.41, 5.74) is 3.31. The summed E-state index contributed by atoms with van der Waals surface area (Å²) in [7, 11) is 1.79. The van der Waals surface area contributed by atoms with Crippen LogP contribution in [-0.4, -0.2) is 50.0 Å². The van der Waals surface area contributed by atoms with Gasteiger partial charge in [0.05, 0.1) is 12.1 Å². The van der Waals surface area contributed by atoms with Crippen molar-refractivity contribution in [3.05, 3.63) is 71.5 Å². The summed E-state index contributed by atoms with van der Waals surface area (Å²) in [5.74, 6) is -0.0828. The third-order valence-electron chi connectivity index (χ3n) is 4.70. The maximum absolute atomic E-state index is 12.3. The number of rotatable bonds is 7. The quantitative estimate of drug-likeness (QED) is 0.664. The second-order valence-electron chi connectivity index (χ2n) is 7.08. The van der Waals surface area contributed by atoms with E-state index in [4.69, 9.17) is 0 Å². The van der Waals surface area contributed by atoms with Crippen LogP contribution >= 0.6 is 0 Å². The Labute approximate surface area is 169 Å². The van der Waals surface area contributed by atoms with E-state index in [1.165, 1.54) is 6.33 Å². The number of hydrogen-bond acceptors (Lipinski definition) is 5. The number of nitrogens with one attached hydrogen (secondary N) is 1. The molecule has 0 aliphatic heterocycles. The lowest BCUT2D eigenvalue weighted by molar-refractivity contribution is -0.120. The first kappa shape index (κ1) is 20.2. The average molecular weight is 392 g/mol. The molecule has 3 rings (SSSR count). The molecule has 8 nitrogen and oxygen atoms in total. The Balaban J connectivity index is 1.51. The van der Waals surface area contributed by atoms with Gasteiger partial charge in [-0.15, -0.1) is 5.10 Å². The van der Waals surface area contributed by atoms with E-state index < -0.39 is 0 Å². The smallest absolute Gasteiger partial charge is 0.253 e. The fourth-order valence-corrected chi connectivity index (χ4v) is 2.70. The molecule has 0 aliphatic rings. The van der Waals surface area contributed by atoms with Crippen LogP contribution in [0.5, 0.6) is 0 Å². The van der Waals surface area contributed by atoms with Crippen molar-refractivity contribution in [2.75, 3.05) is 7.05 Å². The summed E-state index contributed by atoms with van der Waals surface area (Å²) >= 11 is 0. The topological polar surface area (TPSA) is 93.0 Å². The third-order valence-corrected chi connectivity index (χ3v) is 4.70. The number of benzene rings is 2. The molecule has 0 saturated heterocycles. The van der Waals surface area contributed by atoms with Crippen molar-refractivity contribution in [3.8, 4) is 5.69 Å². The minimum Gasteiger partial charge on any atom is -0.352 e. The van der Waals surface area contributed by atoms with Crippen LogP contribution in [0.15, 0.2) is 54.9 Å². The van der Waals surface area contributed by atoms with E-state index in [9.17, 15) is 9.59 Å². The number of nitrogens with zero attached hydrogens (tertiary/aromatic N) is 5. The Hall–Kier alpha value is -3.55. The summed E-state index contributed by atoms with van der Waals surface area (Å²) in [4.78, 5) is 26.2. The third kappa shape index (κ3) is 5.25. The van der Waals surface area contributed by atoms with Gasteiger partial charge in [-0.05, 0) is 59.7 Å². The predicted molar refractivity (Wildman–Crippen MR) is 108 cm³/mol. The lowest BCUT2D eigenvalue weighted by Crippen LogP contribution is -2.32. The highest BCUT2D eigenvalue weighted by Crippen LogP contribution is 2.10. The molecule has 2 aromatic carbocycles. The van der Waals surface area contributed by atoms with Crippen molar-refractivity contribution in [1.29, 1.82) is 0 Å². The fraction of sp³-hybridized carbons (Fsp3) is 0.286. The van der Waals surface area contributed by atoms with Crippen molar-refractivity contribution in [1.82, 2.24) is 30.4 Å². The molecule has 0 spiro atoms. The van der Waals surface area contributed by atoms with Gasteiger partial charge in [-0.1, -0.05) is 24.3 Å². The molecule has 0 saturated carbocycles. The van der Waals surface area contributed by atoms with Crippen LogP contribution in [0.1, 0.15) is 35.3 Å². The van der Waals surface area contributed by atoms with Crippen molar-refractivity contribution in [3.63, 3.8) is 0 Å². The van der Waals surface area contributed by atoms with E-state index in [1.807, 2.05) is 50.2 Å². The Kier molecular flexibility index (Phi) is 6.33. The molecular weight excluding hydrogens is 368 g/mol. The van der Waals surface area contributed by atoms with Gasteiger partial charge in [0.25, 0.3) is 5.91 Å². The Morgan fingerprint density at radius 3 is 2.28 bits per heavy atom. The van der Waals surface area contributed by atoms with Crippen molar-refractivity contribution < 1.29 is 9.59 Å². The summed E-state index contributed by atoms with van der Waals surface area (Å²) in [5, 5.41) is 13.9. The first-order chi connectivity index (χ1) is 13.9. The standard InChI is InChI=1S/C21H24N6O2/c1-15(2)26(3)21(29)18-8-4-17(5-9-18)13-22-20(28)12-16-6-10-19(11-7-16)27-14-23-24-25-27/h4-11,14-15H,12-13H2,1-3H3,(H,22,28). The van der Waals surface area contributed by atoms with Crippen molar-refractivity contribution in [2.24, 2.45) is 0 Å². The Bertz CT molecular complexity index is 950. The number of carbonyl (C=O) groups excluding carboxylic acids is 2. The van der Waals surface area contributed by atoms with E-state index in [2.05, 4.69) is 20.8 Å². The molecule has 1 heterocycles. The van der Waals surface area contributed by atoms with Gasteiger partial charge in [0, 0.05) is 25.2 Å². The number of hydrogen-bond donors (Lipinski definition) is 1. The van der Waals surface area contributed by atoms with E-state index in [0.29, 0.717) is 12.1 Å². The Morgan fingerprint density at radius 1 is 1.03 bits per heavy atom. The molecule has 2 amide bonds. The van der Waals surface area contributed by atoms with Gasteiger partial charge >= 0.3 is 0 Å². The number of carbonyl (C=O) groups is 2. The second-order valence-corrected chi connectivity index (χ2v) is 7.08. The molecule has 8 heteroatoms. The summed E-state index contributed by atoms with van der Waals surface area (Å²) in [6.07, 6.45) is 1.80. The van der Waals surface area contributed by atoms with E-state index in [1.54, 1.807) is 28.8 Å². The molecule has 0 atom stereocenters. The van der Waals surface area contributed by atoms with Gasteiger partial charge in [-0.2, -0.15) is 0 Å². The van der Waals surface area contributed by atoms with E-state index in [0.717, 1.165) is 16.8 Å². The first-order valence-corrected chi connectivity index (χ1v) is 9.39. The van der Waals surface area contributed by atoms with E-state index >= 15 is 0 Å². The molecule has 1 aromatic heterocycles. The molecule has 150 valence electrons. The average Bonchev–Trinajstić information content (AvgIpc) is 3.27. The van der Waals surface area contributed by atoms with Crippen LogP contribution in [-0.2, 0) is 17.8 Å². The van der Waals surface area contributed by atoms with Crippen LogP contribution in [0.4, 0.5) is 0 Å². The van der Waals surface area contributed by atoms with Gasteiger partial charge in [-0.3, -0.25) is 9.59 Å². The maximum atomic E-state index is 12.3. The molecular formula is C21H24N6O2. The minimum atomic E-state index is -0.0696. The van der Waals surface area contributed by atoms with Crippen LogP contribution in [0.3, 0.4) is 0 Å². The summed E-state index contributed by atoms with van der Waals surface area (Å²) < 4.78 is 1.55. The molecule has 3 aromatic rings. The number of aromatic nitrogens is 4. The Morgan fingerprint density at radius 2 is 1.69 bits per heavy atom. The molecule has 0 aliphatic carbocycles. The molecule has 29 heavy (non-hydrogen) atoms. The van der Waals surface area contributed by atoms with Crippen LogP contribution in [0, 0.1) is 0 Å². The SMILES string of the molecule is CC(C)N(C)C(=O)c1ccc(CNC(=O)Cc2ccc(-n3cnnn3)cc2)cc1. The predicted octanol–water partition coefficient (Wildman–Crippen LogP) is 2.00. The number of amides is 2. The van der Waals surface area contributed by atoms with Gasteiger partial charge < -0.3 is 10.2 Å². The zero-order valence-electron chi connectivity index (χ0n) is 16.7. The monoisotopic (exact) mass is 392 g/mol. The van der Waals surface area contributed by atoms with Gasteiger partial charge in [-0.25, -0.2) is 4.68 Å². The highest BCUT2D eigenvalue weighted by Gasteiger charge is 2.14. The summed E-state index contributed by atoms with van der Waals surface area (Å²) in [6.45, 7) is 4.36. The van der Waals surface area contributed by atoms with Gasteiger partial charge in [0.2, 0.25) is 5.91 Å². The number of tetrazole rings is 1. The lowest BCUT2D eigenvalue weighted by Gasteiger charge is -2.21. The van der Waals surface area contributed by atoms with Crippen molar-refractivity contribution in [2.45, 2.75) is 32.9 Å². The summed E-state index contributed by atoms with van der Waals surface area (Å²) in [6, 6.07) is 14.9. The van der Waals surface area contributed by atoms with Gasteiger partial charge in [0.15, 0.2) is 0 Å². The molecule has 0 fully saturated rings. The van der Waals surface area contributed by atoms with Crippen molar-refractivity contribution >= 4 is 11.8 Å². The normalized spacial score (nSPS) is 10.8. The zero-order valence-corrected chi connectivity index (χ0v) is 16.7. The maximum Gasteiger partial charge on any atom is 0.253 e. The molecule has 0 unspecified atom stereocenters. The first-order valence-electron chi connectivity index (χ1n) is 9.39. The van der Waals surface area contributed by atoms with Crippen LogP contribution in [0.25, 0.3) is 5.69 Å². The highest BCUT2D eigenvalue weighted by atomic mass is 16.2. The largest absolute Gasteiger partial charge is 0.352 e. The molecule has 0 bridgehead atoms. The van der Waals surface area contributed by atoms with Gasteiger partial charge in [0.1, 0.15) is 6.33 Å². The van der Waals surface area contributed by atoms with Crippen LogP contribution < -0.4 is 5.32 Å². The molecule has 1 N–H and O–H groups in total. The fourth-order valence-electron chi connectivity index (χ4n) is 2.70. The highest BCUT2D eigenvalue weighted by molar-refractivity contribution is 5.94. The van der Waals surface area contributed by atoms with Crippen LogP contribution in [0.2, 0.25) is 0 Å². The lowest BCUT2D eigenvalue weighted by atomic mass is 10.1. The second kappa shape index (κ2) is 9.09. The zero-order chi connectivity index (χ0) is 20.8. The molecule has 0 radical (unpaired) electrons.